The Morgan fingerprint density at radius 2 is 1.71 bits per heavy atom. The van der Waals surface area contributed by atoms with Gasteiger partial charge in [0.1, 0.15) is 0 Å². The van der Waals surface area contributed by atoms with Crippen LogP contribution >= 0.6 is 0 Å². The number of hydrogen-bond acceptors (Lipinski definition) is 2. The van der Waals surface area contributed by atoms with Crippen LogP contribution in [0.2, 0.25) is 0 Å². The molecule has 2 N–H and O–H groups in total. The van der Waals surface area contributed by atoms with E-state index >= 15 is 0 Å². The van der Waals surface area contributed by atoms with Crippen LogP contribution in [0.5, 0.6) is 0 Å². The van der Waals surface area contributed by atoms with Crippen molar-refractivity contribution in [3.05, 3.63) is 0 Å². The number of hydrogen-bond donors (Lipinski definition) is 1. The van der Waals surface area contributed by atoms with E-state index in [1.54, 1.807) is 0 Å². The van der Waals surface area contributed by atoms with E-state index in [9.17, 15) is 0 Å². The quantitative estimate of drug-likeness (QED) is 0.732. The zero-order chi connectivity index (χ0) is 10.2. The van der Waals surface area contributed by atoms with Gasteiger partial charge < -0.3 is 10.6 Å². The van der Waals surface area contributed by atoms with Crippen LogP contribution < -0.4 is 5.73 Å². The molecule has 0 bridgehead atoms. The minimum absolute atomic E-state index is 0.0176. The molecule has 82 valence electrons. The molecule has 1 saturated heterocycles. The van der Waals surface area contributed by atoms with E-state index in [1.807, 2.05) is 0 Å². The second kappa shape index (κ2) is 3.49. The molecule has 2 rings (SSSR count). The molecule has 2 fully saturated rings. The maximum absolute atomic E-state index is 6.02. The zero-order valence-electron chi connectivity index (χ0n) is 9.68. The summed E-state index contributed by atoms with van der Waals surface area (Å²) in [7, 11) is 0. The van der Waals surface area contributed by atoms with E-state index in [-0.39, 0.29) is 5.54 Å². The van der Waals surface area contributed by atoms with Crippen molar-refractivity contribution in [2.24, 2.45) is 11.1 Å². The summed E-state index contributed by atoms with van der Waals surface area (Å²) in [4.78, 5) is 2.53. The smallest absolute Gasteiger partial charge is 0.0226 e. The monoisotopic (exact) mass is 196 g/mol. The molecule has 1 heterocycles. The summed E-state index contributed by atoms with van der Waals surface area (Å²) in [6, 6.07) is 0. The summed E-state index contributed by atoms with van der Waals surface area (Å²) >= 11 is 0. The molecule has 0 atom stereocenters. The molecule has 1 aliphatic heterocycles. The normalized spacial score (nSPS) is 27.6. The number of nitrogens with zero attached hydrogens (tertiary/aromatic N) is 1. The summed E-state index contributed by atoms with van der Waals surface area (Å²) in [6.45, 7) is 7.94. The topological polar surface area (TPSA) is 29.3 Å². The molecule has 1 spiro atoms. The van der Waals surface area contributed by atoms with Crippen molar-refractivity contribution >= 4 is 0 Å². The standard InChI is InChI=1S/C12H24N2/c1-11(2,13)8-14-9-12(10-14)6-4-3-5-7-12/h3-10,13H2,1-2H3. The van der Waals surface area contributed by atoms with Gasteiger partial charge >= 0.3 is 0 Å². The van der Waals surface area contributed by atoms with Crippen LogP contribution in [-0.2, 0) is 0 Å². The minimum Gasteiger partial charge on any atom is -0.324 e. The van der Waals surface area contributed by atoms with Crippen LogP contribution in [0.4, 0.5) is 0 Å². The largest absolute Gasteiger partial charge is 0.324 e. The third-order valence-corrected chi connectivity index (χ3v) is 3.66. The molecular formula is C12H24N2. The zero-order valence-corrected chi connectivity index (χ0v) is 9.68. The average Bonchev–Trinajstić information content (AvgIpc) is 2.00. The molecule has 2 aliphatic rings. The Balaban J connectivity index is 1.78. The molecule has 1 saturated carbocycles. The lowest BCUT2D eigenvalue weighted by Gasteiger charge is -2.54. The molecule has 0 amide bonds. The summed E-state index contributed by atoms with van der Waals surface area (Å²) in [6.07, 6.45) is 7.31. The molecule has 0 aromatic rings. The maximum Gasteiger partial charge on any atom is 0.0226 e. The Morgan fingerprint density at radius 3 is 2.21 bits per heavy atom. The van der Waals surface area contributed by atoms with Gasteiger partial charge in [-0.1, -0.05) is 19.3 Å². The Morgan fingerprint density at radius 1 is 1.14 bits per heavy atom. The summed E-state index contributed by atoms with van der Waals surface area (Å²) < 4.78 is 0. The van der Waals surface area contributed by atoms with Gasteiger partial charge in [-0.3, -0.25) is 0 Å². The van der Waals surface area contributed by atoms with Crippen LogP contribution in [0.25, 0.3) is 0 Å². The third-order valence-electron chi connectivity index (χ3n) is 3.66. The predicted molar refractivity (Wildman–Crippen MR) is 60.2 cm³/mol. The van der Waals surface area contributed by atoms with Crippen molar-refractivity contribution in [2.45, 2.75) is 51.5 Å². The van der Waals surface area contributed by atoms with Crippen LogP contribution in [0.3, 0.4) is 0 Å². The molecule has 0 radical (unpaired) electrons. The molecule has 1 aliphatic carbocycles. The van der Waals surface area contributed by atoms with E-state index < -0.39 is 0 Å². The van der Waals surface area contributed by atoms with E-state index in [0.717, 1.165) is 6.54 Å². The fraction of sp³-hybridized carbons (Fsp3) is 1.00. The number of likely N-dealkylation sites (tertiary alicyclic amines) is 1. The summed E-state index contributed by atoms with van der Waals surface area (Å²) in [5.41, 5.74) is 6.72. The fourth-order valence-corrected chi connectivity index (χ4v) is 3.21. The van der Waals surface area contributed by atoms with Gasteiger partial charge in [-0.25, -0.2) is 0 Å². The van der Waals surface area contributed by atoms with E-state index in [2.05, 4.69) is 18.7 Å². The lowest BCUT2D eigenvalue weighted by Crippen LogP contribution is -2.61. The molecule has 2 heteroatoms. The van der Waals surface area contributed by atoms with Gasteiger partial charge in [0, 0.05) is 25.2 Å². The van der Waals surface area contributed by atoms with Gasteiger partial charge in [-0.15, -0.1) is 0 Å². The van der Waals surface area contributed by atoms with Crippen LogP contribution in [-0.4, -0.2) is 30.1 Å². The lowest BCUT2D eigenvalue weighted by atomic mass is 9.68. The molecule has 0 aromatic heterocycles. The first-order chi connectivity index (χ1) is 6.49. The van der Waals surface area contributed by atoms with Crippen molar-refractivity contribution < 1.29 is 0 Å². The van der Waals surface area contributed by atoms with Crippen LogP contribution in [0, 0.1) is 5.41 Å². The molecule has 0 unspecified atom stereocenters. The SMILES string of the molecule is CC(C)(N)CN1CC2(CCCCC2)C1. The Labute approximate surface area is 87.8 Å². The molecule has 2 nitrogen and oxygen atoms in total. The van der Waals surface area contributed by atoms with Gasteiger partial charge in [-0.05, 0) is 32.1 Å². The highest BCUT2D eigenvalue weighted by molar-refractivity contribution is 4.98. The number of nitrogens with two attached hydrogens (primary N) is 1. The average molecular weight is 196 g/mol. The Bertz CT molecular complexity index is 191. The van der Waals surface area contributed by atoms with E-state index in [4.69, 9.17) is 5.73 Å². The highest BCUT2D eigenvalue weighted by Crippen LogP contribution is 2.43. The van der Waals surface area contributed by atoms with Gasteiger partial charge in [0.2, 0.25) is 0 Å². The predicted octanol–water partition coefficient (Wildman–Crippen LogP) is 1.99. The summed E-state index contributed by atoms with van der Waals surface area (Å²) in [5.74, 6) is 0. The maximum atomic E-state index is 6.02. The highest BCUT2D eigenvalue weighted by Gasteiger charge is 2.43. The first kappa shape index (κ1) is 10.4. The van der Waals surface area contributed by atoms with E-state index in [1.165, 1.54) is 45.2 Å². The second-order valence-electron chi connectivity index (χ2n) is 6.19. The molecule has 0 aromatic carbocycles. The van der Waals surface area contributed by atoms with Crippen LogP contribution in [0.15, 0.2) is 0 Å². The fourth-order valence-electron chi connectivity index (χ4n) is 3.21. The van der Waals surface area contributed by atoms with Gasteiger partial charge in [-0.2, -0.15) is 0 Å². The van der Waals surface area contributed by atoms with Crippen molar-refractivity contribution in [1.29, 1.82) is 0 Å². The molecule has 14 heavy (non-hydrogen) atoms. The van der Waals surface area contributed by atoms with Crippen molar-refractivity contribution in [2.75, 3.05) is 19.6 Å². The molecular weight excluding hydrogens is 172 g/mol. The van der Waals surface area contributed by atoms with Gasteiger partial charge in [0.05, 0.1) is 0 Å². The number of rotatable bonds is 2. The second-order valence-corrected chi connectivity index (χ2v) is 6.19. The van der Waals surface area contributed by atoms with Crippen LogP contribution in [0.1, 0.15) is 46.0 Å². The minimum atomic E-state index is -0.0176. The first-order valence-electron chi connectivity index (χ1n) is 6.01. The summed E-state index contributed by atoms with van der Waals surface area (Å²) in [5, 5.41) is 0. The lowest BCUT2D eigenvalue weighted by molar-refractivity contribution is -0.0365. The van der Waals surface area contributed by atoms with Crippen molar-refractivity contribution in [3.63, 3.8) is 0 Å². The first-order valence-corrected chi connectivity index (χ1v) is 6.01. The van der Waals surface area contributed by atoms with E-state index in [0.29, 0.717) is 5.41 Å². The Kier molecular flexibility index (Phi) is 2.61. The third kappa shape index (κ3) is 2.29. The Hall–Kier alpha value is -0.0800. The van der Waals surface area contributed by atoms with Crippen molar-refractivity contribution in [3.8, 4) is 0 Å². The highest BCUT2D eigenvalue weighted by atomic mass is 15.2. The van der Waals surface area contributed by atoms with Crippen molar-refractivity contribution in [1.82, 2.24) is 4.90 Å². The van der Waals surface area contributed by atoms with Gasteiger partial charge in [0.15, 0.2) is 0 Å². The van der Waals surface area contributed by atoms with Gasteiger partial charge in [0.25, 0.3) is 0 Å².